The van der Waals surface area contributed by atoms with E-state index in [4.69, 9.17) is 18.7 Å². The van der Waals surface area contributed by atoms with Gasteiger partial charge in [-0.3, -0.25) is 13.6 Å². The minimum atomic E-state index is -3.67. The normalized spacial score (nSPS) is 16.9. The van der Waals surface area contributed by atoms with E-state index in [2.05, 4.69) is 27.7 Å². The number of hydrogen-bond donors (Lipinski definition) is 1. The summed E-state index contributed by atoms with van der Waals surface area (Å²) in [5, 5.41) is 8.98. The molecule has 0 aromatic rings. The molecule has 1 N–H and O–H groups in total. The monoisotopic (exact) mass is 352 g/mol. The molecular weight excluding hydrogens is 315 g/mol. The minimum absolute atomic E-state index is 0.344. The molecule has 0 fully saturated rings. The van der Waals surface area contributed by atoms with Crippen LogP contribution in [0.4, 0.5) is 0 Å². The van der Waals surface area contributed by atoms with E-state index in [-0.39, 0.29) is 0 Å². The molecule has 0 spiro atoms. The number of phosphoric ester groups is 1. The van der Waals surface area contributed by atoms with E-state index >= 15 is 0 Å². The van der Waals surface area contributed by atoms with Crippen molar-refractivity contribution >= 4 is 7.82 Å². The van der Waals surface area contributed by atoms with Crippen LogP contribution in [0.25, 0.3) is 0 Å². The van der Waals surface area contributed by atoms with E-state index in [1.807, 2.05) is 0 Å². The Balaban J connectivity index is 4.44. The summed E-state index contributed by atoms with van der Waals surface area (Å²) < 4.78 is 28.4. The van der Waals surface area contributed by atoms with Crippen molar-refractivity contribution in [2.24, 2.45) is 11.8 Å². The summed E-state index contributed by atoms with van der Waals surface area (Å²) in [6, 6.07) is 0. The molecule has 5 nitrogen and oxygen atoms in total. The van der Waals surface area contributed by atoms with E-state index in [0.29, 0.717) is 25.0 Å². The van der Waals surface area contributed by atoms with Gasteiger partial charge in [0.2, 0.25) is 0 Å². The third kappa shape index (κ3) is 11.3. The van der Waals surface area contributed by atoms with Crippen LogP contribution in [-0.2, 0) is 18.1 Å². The lowest BCUT2D eigenvalue weighted by atomic mass is 10.0. The smallest absolute Gasteiger partial charge is 0.370 e. The Bertz CT molecular complexity index is 287. The lowest BCUT2D eigenvalue weighted by Crippen LogP contribution is -2.13. The van der Waals surface area contributed by atoms with Crippen molar-refractivity contribution < 1.29 is 23.2 Å². The van der Waals surface area contributed by atoms with Gasteiger partial charge in [-0.15, -0.1) is 0 Å². The van der Waals surface area contributed by atoms with Crippen molar-refractivity contribution in [3.8, 4) is 0 Å². The molecule has 2 unspecified atom stereocenters. The second kappa shape index (κ2) is 14.4. The lowest BCUT2D eigenvalue weighted by molar-refractivity contribution is 0.0264. The summed E-state index contributed by atoms with van der Waals surface area (Å²) in [7, 11) is -3.67. The van der Waals surface area contributed by atoms with Crippen LogP contribution in [0.3, 0.4) is 0 Å². The summed E-state index contributed by atoms with van der Waals surface area (Å²) >= 11 is 0. The van der Waals surface area contributed by atoms with Crippen molar-refractivity contribution in [3.05, 3.63) is 0 Å². The third-order valence-electron chi connectivity index (χ3n) is 4.24. The van der Waals surface area contributed by atoms with E-state index in [1.54, 1.807) is 0 Å². The maximum absolute atomic E-state index is 12.6. The van der Waals surface area contributed by atoms with Gasteiger partial charge in [-0.05, 0) is 24.7 Å². The van der Waals surface area contributed by atoms with Crippen molar-refractivity contribution in [3.63, 3.8) is 0 Å². The molecule has 0 aromatic carbocycles. The molecular formula is C17H37O5P. The van der Waals surface area contributed by atoms with Gasteiger partial charge in [0.05, 0.1) is 13.2 Å². The third-order valence-corrected chi connectivity index (χ3v) is 5.60. The Hall–Kier alpha value is 0.0700. The first-order chi connectivity index (χ1) is 11.0. The fraction of sp³-hybridized carbons (Fsp3) is 1.00. The molecule has 6 heteroatoms. The van der Waals surface area contributed by atoms with Crippen molar-refractivity contribution in [1.82, 2.24) is 0 Å². The fourth-order valence-electron chi connectivity index (χ4n) is 2.37. The quantitative estimate of drug-likeness (QED) is 0.292. The zero-order valence-electron chi connectivity index (χ0n) is 15.5. The van der Waals surface area contributed by atoms with Gasteiger partial charge in [0.15, 0.2) is 6.79 Å². The minimum Gasteiger partial charge on any atom is -0.370 e. The van der Waals surface area contributed by atoms with E-state index in [1.165, 1.54) is 0 Å². The largest absolute Gasteiger partial charge is 0.476 e. The molecule has 0 saturated heterocycles. The Labute approximate surface area is 142 Å². The van der Waals surface area contributed by atoms with Gasteiger partial charge >= 0.3 is 7.82 Å². The average Bonchev–Trinajstić information content (AvgIpc) is 2.55. The molecule has 0 saturated carbocycles. The van der Waals surface area contributed by atoms with E-state index in [9.17, 15) is 4.57 Å². The van der Waals surface area contributed by atoms with Gasteiger partial charge < -0.3 is 5.11 Å². The summed E-state index contributed by atoms with van der Waals surface area (Å²) in [4.78, 5) is 0. The van der Waals surface area contributed by atoms with Crippen LogP contribution in [0.1, 0.15) is 79.1 Å². The Morgan fingerprint density at radius 3 is 1.57 bits per heavy atom. The number of rotatable bonds is 16. The van der Waals surface area contributed by atoms with Gasteiger partial charge in [-0.1, -0.05) is 66.2 Å². The maximum Gasteiger partial charge on any atom is 0.476 e. The predicted molar refractivity (Wildman–Crippen MR) is 94.3 cm³/mol. The molecule has 140 valence electrons. The van der Waals surface area contributed by atoms with Gasteiger partial charge in [0.1, 0.15) is 0 Å². The summed E-state index contributed by atoms with van der Waals surface area (Å²) in [6.07, 6.45) is 8.53. The highest BCUT2D eigenvalue weighted by Gasteiger charge is 2.28. The van der Waals surface area contributed by atoms with Gasteiger partial charge in [0.25, 0.3) is 0 Å². The average molecular weight is 352 g/mol. The zero-order valence-corrected chi connectivity index (χ0v) is 16.4. The van der Waals surface area contributed by atoms with Crippen LogP contribution >= 0.6 is 7.82 Å². The molecule has 0 heterocycles. The number of hydrogen-bond acceptors (Lipinski definition) is 5. The molecule has 2 atom stereocenters. The second-order valence-corrected chi connectivity index (χ2v) is 7.80. The van der Waals surface area contributed by atoms with Crippen molar-refractivity contribution in [2.45, 2.75) is 79.1 Å². The Morgan fingerprint density at radius 1 is 0.826 bits per heavy atom. The van der Waals surface area contributed by atoms with Gasteiger partial charge in [-0.25, -0.2) is 4.57 Å². The fourth-order valence-corrected chi connectivity index (χ4v) is 3.52. The molecule has 0 aliphatic heterocycles. The Kier molecular flexibility index (Phi) is 14.5. The topological polar surface area (TPSA) is 65.0 Å². The SMILES string of the molecule is CCCCC(CC)COP(=O)(OCO)OCC(CC)CCCC. The van der Waals surface area contributed by atoms with Gasteiger partial charge in [-0.2, -0.15) is 0 Å². The predicted octanol–water partition coefficient (Wildman–Crippen LogP) is 5.53. The molecule has 23 heavy (non-hydrogen) atoms. The number of phosphoric acid groups is 1. The highest BCUT2D eigenvalue weighted by atomic mass is 31.2. The molecule has 0 aliphatic carbocycles. The first-order valence-electron chi connectivity index (χ1n) is 9.19. The van der Waals surface area contributed by atoms with Crippen molar-refractivity contribution in [2.75, 3.05) is 20.0 Å². The van der Waals surface area contributed by atoms with E-state index < -0.39 is 14.6 Å². The van der Waals surface area contributed by atoms with Crippen LogP contribution in [-0.4, -0.2) is 25.1 Å². The molecule has 0 radical (unpaired) electrons. The lowest BCUT2D eigenvalue weighted by Gasteiger charge is -2.22. The number of aliphatic hydroxyl groups is 1. The highest BCUT2D eigenvalue weighted by molar-refractivity contribution is 7.48. The van der Waals surface area contributed by atoms with Crippen LogP contribution < -0.4 is 0 Å². The van der Waals surface area contributed by atoms with E-state index in [0.717, 1.165) is 51.4 Å². The summed E-state index contributed by atoms with van der Waals surface area (Å²) in [5.41, 5.74) is 0. The first kappa shape index (κ1) is 23.1. The van der Waals surface area contributed by atoms with Crippen LogP contribution in [0.2, 0.25) is 0 Å². The standard InChI is InChI=1S/C17H37O5P/c1-5-9-11-16(7-3)13-20-23(19,22-15-18)21-14-17(8-4)12-10-6-2/h16-18H,5-15H2,1-4H3. The van der Waals surface area contributed by atoms with Crippen molar-refractivity contribution in [1.29, 1.82) is 0 Å². The highest BCUT2D eigenvalue weighted by Crippen LogP contribution is 2.50. The van der Waals surface area contributed by atoms with Crippen LogP contribution in [0, 0.1) is 11.8 Å². The maximum atomic E-state index is 12.6. The first-order valence-corrected chi connectivity index (χ1v) is 10.7. The molecule has 0 bridgehead atoms. The summed E-state index contributed by atoms with van der Waals surface area (Å²) in [5.74, 6) is 0.687. The second-order valence-electron chi connectivity index (χ2n) is 6.13. The number of aliphatic hydroxyl groups excluding tert-OH is 1. The van der Waals surface area contributed by atoms with Crippen LogP contribution in [0.15, 0.2) is 0 Å². The zero-order chi connectivity index (χ0) is 17.6. The number of unbranched alkanes of at least 4 members (excludes halogenated alkanes) is 2. The summed E-state index contributed by atoms with van der Waals surface area (Å²) in [6.45, 7) is 8.53. The molecule has 0 rings (SSSR count). The molecule has 0 aromatic heterocycles. The Morgan fingerprint density at radius 2 is 1.26 bits per heavy atom. The molecule has 0 aliphatic rings. The van der Waals surface area contributed by atoms with Crippen LogP contribution in [0.5, 0.6) is 0 Å². The molecule has 0 amide bonds. The van der Waals surface area contributed by atoms with Gasteiger partial charge in [0, 0.05) is 0 Å².